The van der Waals surface area contributed by atoms with Crippen molar-refractivity contribution in [1.82, 2.24) is 24.8 Å². The number of hydrogen-bond acceptors (Lipinski definition) is 5. The minimum Gasteiger partial charge on any atom is -0.471 e. The summed E-state index contributed by atoms with van der Waals surface area (Å²) in [4.78, 5) is 25.1. The molecule has 0 saturated heterocycles. The van der Waals surface area contributed by atoms with E-state index < -0.39 is 0 Å². The number of rotatable bonds is 7. The van der Waals surface area contributed by atoms with Crippen LogP contribution >= 0.6 is 0 Å². The molecule has 2 aromatic heterocycles. The molecule has 2 aromatic carbocycles. The summed E-state index contributed by atoms with van der Waals surface area (Å²) in [5.41, 5.74) is 3.18. The average Bonchev–Trinajstić information content (AvgIpc) is 3.15. The van der Waals surface area contributed by atoms with Gasteiger partial charge in [0.15, 0.2) is 11.2 Å². The Kier molecular flexibility index (Phi) is 5.24. The summed E-state index contributed by atoms with van der Waals surface area (Å²) >= 11 is 0. The molecule has 4 aromatic rings. The Bertz CT molecular complexity index is 1060. The van der Waals surface area contributed by atoms with Gasteiger partial charge in [-0.25, -0.2) is 9.97 Å². The fourth-order valence-corrected chi connectivity index (χ4v) is 2.81. The van der Waals surface area contributed by atoms with Gasteiger partial charge >= 0.3 is 0 Å². The van der Waals surface area contributed by atoms with Gasteiger partial charge in [-0.15, -0.1) is 0 Å². The van der Waals surface area contributed by atoms with E-state index in [4.69, 9.17) is 4.74 Å². The standard InChI is InChI=1S/C21H19N5O2/c27-18(22-11-16-7-3-1-4-8-16)12-26-15-25-19-20(26)23-14-24-21(19)28-13-17-9-5-2-6-10-17/h1-10,14-15H,11-13H2,(H,22,27). The van der Waals surface area contributed by atoms with Crippen molar-refractivity contribution in [2.75, 3.05) is 0 Å². The van der Waals surface area contributed by atoms with Crippen molar-refractivity contribution in [1.29, 1.82) is 0 Å². The molecular weight excluding hydrogens is 354 g/mol. The van der Waals surface area contributed by atoms with Gasteiger partial charge in [-0.3, -0.25) is 4.79 Å². The van der Waals surface area contributed by atoms with Crippen molar-refractivity contribution in [3.63, 3.8) is 0 Å². The average molecular weight is 373 g/mol. The van der Waals surface area contributed by atoms with E-state index >= 15 is 0 Å². The van der Waals surface area contributed by atoms with E-state index in [0.29, 0.717) is 30.2 Å². The summed E-state index contributed by atoms with van der Waals surface area (Å²) in [5.74, 6) is 0.283. The smallest absolute Gasteiger partial charge is 0.245 e. The molecule has 7 nitrogen and oxygen atoms in total. The number of carbonyl (C=O) groups excluding carboxylic acids is 1. The Morgan fingerprint density at radius 1 is 0.929 bits per heavy atom. The van der Waals surface area contributed by atoms with Crippen LogP contribution in [0.2, 0.25) is 0 Å². The maximum Gasteiger partial charge on any atom is 0.245 e. The normalized spacial score (nSPS) is 10.7. The van der Waals surface area contributed by atoms with Crippen LogP contribution in [0.1, 0.15) is 11.1 Å². The number of hydrogen-bond donors (Lipinski definition) is 1. The summed E-state index contributed by atoms with van der Waals surface area (Å²) in [7, 11) is 0. The van der Waals surface area contributed by atoms with Gasteiger partial charge in [-0.05, 0) is 11.1 Å². The molecule has 0 unspecified atom stereocenters. The molecule has 1 N–H and O–H groups in total. The molecule has 140 valence electrons. The predicted molar refractivity (Wildman–Crippen MR) is 104 cm³/mol. The molecule has 0 bridgehead atoms. The number of ether oxygens (including phenoxy) is 1. The lowest BCUT2D eigenvalue weighted by atomic mass is 10.2. The lowest BCUT2D eigenvalue weighted by molar-refractivity contribution is -0.121. The number of imidazole rings is 1. The summed E-state index contributed by atoms with van der Waals surface area (Å²) < 4.78 is 7.49. The molecule has 7 heteroatoms. The summed E-state index contributed by atoms with van der Waals surface area (Å²) in [6.07, 6.45) is 3.00. The highest BCUT2D eigenvalue weighted by Gasteiger charge is 2.13. The minimum atomic E-state index is -0.117. The molecule has 1 amide bonds. The molecule has 2 heterocycles. The number of benzene rings is 2. The number of amides is 1. The predicted octanol–water partition coefficient (Wildman–Crippen LogP) is 2.72. The molecule has 0 spiro atoms. The Hall–Kier alpha value is -3.74. The molecule has 0 atom stereocenters. The zero-order valence-corrected chi connectivity index (χ0v) is 15.2. The SMILES string of the molecule is O=C(Cn1cnc2c(OCc3ccccc3)ncnc21)NCc1ccccc1. The van der Waals surface area contributed by atoms with Crippen molar-refractivity contribution in [2.45, 2.75) is 19.7 Å². The van der Waals surface area contributed by atoms with Gasteiger partial charge in [-0.2, -0.15) is 4.98 Å². The largest absolute Gasteiger partial charge is 0.471 e. The molecule has 0 aliphatic rings. The van der Waals surface area contributed by atoms with Gasteiger partial charge in [0.2, 0.25) is 11.8 Å². The zero-order valence-electron chi connectivity index (χ0n) is 15.2. The Morgan fingerprint density at radius 3 is 2.39 bits per heavy atom. The van der Waals surface area contributed by atoms with Crippen molar-refractivity contribution in [3.8, 4) is 5.88 Å². The Morgan fingerprint density at radius 2 is 1.64 bits per heavy atom. The lowest BCUT2D eigenvalue weighted by Crippen LogP contribution is -2.26. The van der Waals surface area contributed by atoms with E-state index in [1.165, 1.54) is 6.33 Å². The van der Waals surface area contributed by atoms with Crippen LogP contribution in [0.4, 0.5) is 0 Å². The summed E-state index contributed by atoms with van der Waals surface area (Å²) in [5, 5.41) is 2.90. The van der Waals surface area contributed by atoms with Crippen LogP contribution < -0.4 is 10.1 Å². The molecule has 0 saturated carbocycles. The first-order valence-electron chi connectivity index (χ1n) is 8.93. The van der Waals surface area contributed by atoms with Crippen LogP contribution in [0.15, 0.2) is 73.3 Å². The van der Waals surface area contributed by atoms with Crippen LogP contribution in [0.5, 0.6) is 5.88 Å². The topological polar surface area (TPSA) is 81.9 Å². The van der Waals surface area contributed by atoms with E-state index in [2.05, 4.69) is 20.3 Å². The quantitative estimate of drug-likeness (QED) is 0.539. The first kappa shape index (κ1) is 17.7. The molecule has 0 aliphatic heterocycles. The van der Waals surface area contributed by atoms with Crippen LogP contribution in [-0.2, 0) is 24.5 Å². The molecule has 4 rings (SSSR count). The second-order valence-electron chi connectivity index (χ2n) is 6.26. The van der Waals surface area contributed by atoms with Crippen LogP contribution in [0, 0.1) is 0 Å². The molecule has 0 radical (unpaired) electrons. The zero-order chi connectivity index (χ0) is 19.2. The third-order valence-electron chi connectivity index (χ3n) is 4.23. The Balaban J connectivity index is 1.43. The van der Waals surface area contributed by atoms with Crippen LogP contribution in [0.25, 0.3) is 11.2 Å². The van der Waals surface area contributed by atoms with E-state index in [-0.39, 0.29) is 12.5 Å². The monoisotopic (exact) mass is 373 g/mol. The van der Waals surface area contributed by atoms with Crippen molar-refractivity contribution in [2.24, 2.45) is 0 Å². The van der Waals surface area contributed by atoms with Crippen molar-refractivity contribution < 1.29 is 9.53 Å². The van der Waals surface area contributed by atoms with Gasteiger partial charge in [0, 0.05) is 6.54 Å². The van der Waals surface area contributed by atoms with Crippen molar-refractivity contribution in [3.05, 3.63) is 84.4 Å². The molecular formula is C21H19N5O2. The van der Waals surface area contributed by atoms with Crippen LogP contribution in [0.3, 0.4) is 0 Å². The number of fused-ring (bicyclic) bond motifs is 1. The first-order valence-corrected chi connectivity index (χ1v) is 8.93. The van der Waals surface area contributed by atoms with E-state index in [9.17, 15) is 4.79 Å². The fourth-order valence-electron chi connectivity index (χ4n) is 2.81. The maximum atomic E-state index is 12.3. The Labute approximate surface area is 162 Å². The fraction of sp³-hybridized carbons (Fsp3) is 0.143. The molecule has 28 heavy (non-hydrogen) atoms. The number of aromatic nitrogens is 4. The highest BCUT2D eigenvalue weighted by molar-refractivity contribution is 5.80. The highest BCUT2D eigenvalue weighted by Crippen LogP contribution is 2.20. The van der Waals surface area contributed by atoms with Gasteiger partial charge < -0.3 is 14.6 Å². The highest BCUT2D eigenvalue weighted by atomic mass is 16.5. The maximum absolute atomic E-state index is 12.3. The van der Waals surface area contributed by atoms with Gasteiger partial charge in [0.25, 0.3) is 0 Å². The van der Waals surface area contributed by atoms with Gasteiger partial charge in [-0.1, -0.05) is 60.7 Å². The summed E-state index contributed by atoms with van der Waals surface area (Å²) in [6, 6.07) is 19.6. The second kappa shape index (κ2) is 8.30. The minimum absolute atomic E-state index is 0.117. The van der Waals surface area contributed by atoms with Gasteiger partial charge in [0.1, 0.15) is 19.5 Å². The van der Waals surface area contributed by atoms with E-state index in [1.807, 2.05) is 60.7 Å². The first-order chi connectivity index (χ1) is 13.8. The lowest BCUT2D eigenvalue weighted by Gasteiger charge is -2.07. The summed E-state index contributed by atoms with van der Waals surface area (Å²) in [6.45, 7) is 0.989. The molecule has 0 fully saturated rings. The second-order valence-corrected chi connectivity index (χ2v) is 6.26. The van der Waals surface area contributed by atoms with E-state index in [1.54, 1.807) is 10.9 Å². The number of nitrogens with one attached hydrogen (secondary N) is 1. The van der Waals surface area contributed by atoms with E-state index in [0.717, 1.165) is 11.1 Å². The third-order valence-corrected chi connectivity index (χ3v) is 4.23. The number of nitrogens with zero attached hydrogens (tertiary/aromatic N) is 4. The van der Waals surface area contributed by atoms with Gasteiger partial charge in [0.05, 0.1) is 6.33 Å². The third kappa shape index (κ3) is 4.15. The molecule has 0 aliphatic carbocycles. The van der Waals surface area contributed by atoms with Crippen molar-refractivity contribution >= 4 is 17.1 Å². The number of carbonyl (C=O) groups is 1. The van der Waals surface area contributed by atoms with Crippen LogP contribution in [-0.4, -0.2) is 25.4 Å².